The van der Waals surface area contributed by atoms with Crippen LogP contribution in [0.25, 0.3) is 11.0 Å². The molecule has 0 radical (unpaired) electrons. The third kappa shape index (κ3) is 1.28. The van der Waals surface area contributed by atoms with Gasteiger partial charge >= 0.3 is 0 Å². The van der Waals surface area contributed by atoms with Gasteiger partial charge in [0.15, 0.2) is 5.43 Å². The summed E-state index contributed by atoms with van der Waals surface area (Å²) in [5, 5.41) is 0.573. The molecule has 2 aromatic rings. The average Bonchev–Trinajstić information content (AvgIpc) is 2.18. The van der Waals surface area contributed by atoms with Crippen LogP contribution in [-0.2, 0) is 0 Å². The Morgan fingerprint density at radius 2 is 2.21 bits per heavy atom. The minimum Gasteiger partial charge on any atom is -0.330 e. The number of rotatable bonds is 1. The Kier molecular flexibility index (Phi) is 2.04. The highest BCUT2D eigenvalue weighted by Crippen LogP contribution is 2.10. The number of nitrogens with zero attached hydrogens (tertiary/aromatic N) is 3. The maximum Gasteiger partial charge on any atom is 0.192 e. The predicted molar refractivity (Wildman–Crippen MR) is 54.2 cm³/mol. The highest BCUT2D eigenvalue weighted by atomic mass is 16.1. The van der Waals surface area contributed by atoms with E-state index < -0.39 is 0 Å². The third-order valence-electron chi connectivity index (χ3n) is 2.14. The van der Waals surface area contributed by atoms with Gasteiger partial charge in [-0.25, -0.2) is 9.97 Å². The van der Waals surface area contributed by atoms with E-state index in [0.717, 1.165) is 0 Å². The summed E-state index contributed by atoms with van der Waals surface area (Å²) < 4.78 is 1.96. The second-order valence-corrected chi connectivity index (χ2v) is 3.44. The van der Waals surface area contributed by atoms with Gasteiger partial charge in [0.25, 0.3) is 0 Å². The molecule has 0 saturated carbocycles. The second-order valence-electron chi connectivity index (χ2n) is 3.44. The number of fused-ring (bicyclic) bond motifs is 1. The van der Waals surface area contributed by atoms with Crippen LogP contribution in [-0.4, -0.2) is 14.5 Å². The van der Waals surface area contributed by atoms with E-state index in [1.54, 1.807) is 18.5 Å². The highest BCUT2D eigenvalue weighted by molar-refractivity contribution is 5.73. The summed E-state index contributed by atoms with van der Waals surface area (Å²) in [5.74, 6) is 0. The van der Waals surface area contributed by atoms with Gasteiger partial charge in [-0.1, -0.05) is 0 Å². The van der Waals surface area contributed by atoms with Crippen LogP contribution in [0.1, 0.15) is 19.9 Å². The SMILES string of the molecule is CC(C)n1ccc(=O)c2cncnc21. The fraction of sp³-hybridized carbons (Fsp3) is 0.300. The van der Waals surface area contributed by atoms with E-state index in [9.17, 15) is 4.79 Å². The largest absolute Gasteiger partial charge is 0.330 e. The van der Waals surface area contributed by atoms with E-state index in [4.69, 9.17) is 0 Å². The van der Waals surface area contributed by atoms with Gasteiger partial charge in [0.2, 0.25) is 0 Å². The molecule has 14 heavy (non-hydrogen) atoms. The topological polar surface area (TPSA) is 47.8 Å². The van der Waals surface area contributed by atoms with Crippen molar-refractivity contribution in [3.63, 3.8) is 0 Å². The molecule has 4 nitrogen and oxygen atoms in total. The molecule has 0 aliphatic rings. The summed E-state index contributed by atoms with van der Waals surface area (Å²) in [7, 11) is 0. The normalized spacial score (nSPS) is 11.1. The molecule has 2 aromatic heterocycles. The van der Waals surface area contributed by atoms with Gasteiger partial charge in [0.05, 0.1) is 5.39 Å². The van der Waals surface area contributed by atoms with E-state index in [0.29, 0.717) is 11.0 Å². The molecular weight excluding hydrogens is 178 g/mol. The Morgan fingerprint density at radius 3 is 2.93 bits per heavy atom. The van der Waals surface area contributed by atoms with Gasteiger partial charge in [-0.15, -0.1) is 0 Å². The van der Waals surface area contributed by atoms with Crippen LogP contribution in [0, 0.1) is 0 Å². The molecule has 0 spiro atoms. The number of hydrogen-bond donors (Lipinski definition) is 0. The molecule has 0 amide bonds. The van der Waals surface area contributed by atoms with Crippen LogP contribution >= 0.6 is 0 Å². The van der Waals surface area contributed by atoms with Gasteiger partial charge in [-0.05, 0) is 13.8 Å². The molecule has 0 atom stereocenters. The lowest BCUT2D eigenvalue weighted by Crippen LogP contribution is -2.11. The minimum atomic E-state index is -0.0301. The van der Waals surface area contributed by atoms with Crippen molar-refractivity contribution in [1.29, 1.82) is 0 Å². The molecule has 0 fully saturated rings. The zero-order valence-electron chi connectivity index (χ0n) is 8.14. The zero-order valence-corrected chi connectivity index (χ0v) is 8.14. The van der Waals surface area contributed by atoms with Crippen LogP contribution in [0.15, 0.2) is 29.6 Å². The Morgan fingerprint density at radius 1 is 1.43 bits per heavy atom. The van der Waals surface area contributed by atoms with Crippen molar-refractivity contribution in [3.8, 4) is 0 Å². The molecule has 0 saturated heterocycles. The molecule has 2 rings (SSSR count). The van der Waals surface area contributed by atoms with Crippen LogP contribution in [0.5, 0.6) is 0 Å². The fourth-order valence-electron chi connectivity index (χ4n) is 1.43. The summed E-state index contributed by atoms with van der Waals surface area (Å²) >= 11 is 0. The molecule has 0 aliphatic carbocycles. The highest BCUT2D eigenvalue weighted by Gasteiger charge is 2.05. The van der Waals surface area contributed by atoms with Crippen molar-refractivity contribution >= 4 is 11.0 Å². The number of hydrogen-bond acceptors (Lipinski definition) is 3. The van der Waals surface area contributed by atoms with Gasteiger partial charge in [0.1, 0.15) is 12.0 Å². The van der Waals surface area contributed by atoms with E-state index >= 15 is 0 Å². The molecule has 0 aromatic carbocycles. The quantitative estimate of drug-likeness (QED) is 0.680. The van der Waals surface area contributed by atoms with Gasteiger partial charge in [-0.3, -0.25) is 4.79 Å². The van der Waals surface area contributed by atoms with Crippen molar-refractivity contribution < 1.29 is 0 Å². The van der Waals surface area contributed by atoms with Gasteiger partial charge < -0.3 is 4.57 Å². The molecule has 0 aliphatic heterocycles. The Labute approximate surface area is 81.2 Å². The molecular formula is C10H11N3O. The van der Waals surface area contributed by atoms with Gasteiger partial charge in [-0.2, -0.15) is 0 Å². The van der Waals surface area contributed by atoms with E-state index in [2.05, 4.69) is 9.97 Å². The van der Waals surface area contributed by atoms with Crippen LogP contribution in [0.3, 0.4) is 0 Å². The van der Waals surface area contributed by atoms with Crippen LogP contribution in [0.4, 0.5) is 0 Å². The average molecular weight is 189 g/mol. The second kappa shape index (κ2) is 3.21. The van der Waals surface area contributed by atoms with Crippen LogP contribution < -0.4 is 5.43 Å². The number of pyridine rings is 1. The smallest absolute Gasteiger partial charge is 0.192 e. The molecule has 4 heteroatoms. The molecule has 2 heterocycles. The summed E-state index contributed by atoms with van der Waals surface area (Å²) in [6.07, 6.45) is 4.78. The maximum absolute atomic E-state index is 11.5. The Balaban J connectivity index is 2.89. The standard InChI is InChI=1S/C10H11N3O/c1-7(2)13-4-3-9(14)8-5-11-6-12-10(8)13/h3-7H,1-2H3. The summed E-state index contributed by atoms with van der Waals surface area (Å²) in [6.45, 7) is 4.10. The molecule has 0 unspecified atom stereocenters. The Bertz CT molecular complexity index is 516. The van der Waals surface area contributed by atoms with E-state index in [1.807, 2.05) is 18.4 Å². The lowest BCUT2D eigenvalue weighted by Gasteiger charge is -2.12. The van der Waals surface area contributed by atoms with Crippen molar-refractivity contribution in [2.24, 2.45) is 0 Å². The first-order valence-electron chi connectivity index (χ1n) is 4.51. The van der Waals surface area contributed by atoms with Gasteiger partial charge in [0, 0.05) is 24.5 Å². The van der Waals surface area contributed by atoms with Crippen LogP contribution in [0.2, 0.25) is 0 Å². The first kappa shape index (κ1) is 8.87. The van der Waals surface area contributed by atoms with Crippen molar-refractivity contribution in [3.05, 3.63) is 35.0 Å². The summed E-state index contributed by atoms with van der Waals surface area (Å²) in [4.78, 5) is 19.4. The summed E-state index contributed by atoms with van der Waals surface area (Å²) in [5.41, 5.74) is 0.667. The number of aromatic nitrogens is 3. The lowest BCUT2D eigenvalue weighted by atomic mass is 10.3. The minimum absolute atomic E-state index is 0.0301. The van der Waals surface area contributed by atoms with Crippen molar-refractivity contribution in [2.75, 3.05) is 0 Å². The Hall–Kier alpha value is -1.71. The summed E-state index contributed by atoms with van der Waals surface area (Å²) in [6, 6.07) is 1.83. The molecule has 72 valence electrons. The van der Waals surface area contributed by atoms with E-state index in [1.165, 1.54) is 6.33 Å². The first-order valence-corrected chi connectivity index (χ1v) is 4.51. The third-order valence-corrected chi connectivity index (χ3v) is 2.14. The monoisotopic (exact) mass is 189 g/mol. The predicted octanol–water partition coefficient (Wildman–Crippen LogP) is 1.37. The fourth-order valence-corrected chi connectivity index (χ4v) is 1.43. The van der Waals surface area contributed by atoms with Crippen molar-refractivity contribution in [2.45, 2.75) is 19.9 Å². The molecule has 0 N–H and O–H groups in total. The van der Waals surface area contributed by atoms with E-state index in [-0.39, 0.29) is 11.5 Å². The molecule has 0 bridgehead atoms. The van der Waals surface area contributed by atoms with Crippen molar-refractivity contribution in [1.82, 2.24) is 14.5 Å². The zero-order chi connectivity index (χ0) is 10.1. The first-order chi connectivity index (χ1) is 6.70. The lowest BCUT2D eigenvalue weighted by molar-refractivity contribution is 0.612. The maximum atomic E-state index is 11.5.